The van der Waals surface area contributed by atoms with Crippen LogP contribution in [0.5, 0.6) is 5.75 Å². The van der Waals surface area contributed by atoms with Gasteiger partial charge in [-0.05, 0) is 67.3 Å². The summed E-state index contributed by atoms with van der Waals surface area (Å²) in [7, 11) is 0. The molecule has 5 aliphatic rings. The summed E-state index contributed by atoms with van der Waals surface area (Å²) in [6.07, 6.45) is 8.78. The summed E-state index contributed by atoms with van der Waals surface area (Å²) in [5, 5.41) is 15.0. The van der Waals surface area contributed by atoms with Crippen LogP contribution >= 0.6 is 0 Å². The number of terminal acetylenes is 1. The maximum atomic E-state index is 16.9. The quantitative estimate of drug-likeness (QED) is 0.425. The Kier molecular flexibility index (Phi) is 6.37. The smallest absolute Gasteiger partial charge is 0.207 e. The van der Waals surface area contributed by atoms with Crippen molar-refractivity contribution in [2.75, 3.05) is 31.1 Å². The van der Waals surface area contributed by atoms with Gasteiger partial charge in [-0.15, -0.1) is 6.42 Å². The van der Waals surface area contributed by atoms with Crippen LogP contribution in [0.25, 0.3) is 10.8 Å². The number of aromatic nitrogens is 2. The van der Waals surface area contributed by atoms with Gasteiger partial charge < -0.3 is 15.3 Å². The summed E-state index contributed by atoms with van der Waals surface area (Å²) < 4.78 is 46.1. The molecular weight excluding hydrogens is 565 g/mol. The van der Waals surface area contributed by atoms with Crippen molar-refractivity contribution in [2.24, 2.45) is 4.99 Å². The number of fused-ring (bicyclic) bond motifs is 5. The summed E-state index contributed by atoms with van der Waals surface area (Å²) in [6, 6.07) is 5.08. The number of nitrogens with zero attached hydrogens (tertiary/aromatic N) is 5. The largest absolute Gasteiger partial charge is 0.508 e. The number of anilines is 1. The summed E-state index contributed by atoms with van der Waals surface area (Å²) in [4.78, 5) is 18.4. The molecule has 5 aliphatic heterocycles. The molecule has 44 heavy (non-hydrogen) atoms. The number of aromatic hydroxyl groups is 1. The Hall–Kier alpha value is -4.12. The highest BCUT2D eigenvalue weighted by atomic mass is 19.1. The third kappa shape index (κ3) is 4.35. The van der Waals surface area contributed by atoms with E-state index in [4.69, 9.17) is 11.4 Å². The van der Waals surface area contributed by atoms with E-state index in [9.17, 15) is 13.9 Å². The first-order valence-electron chi connectivity index (χ1n) is 15.3. The van der Waals surface area contributed by atoms with Crippen molar-refractivity contribution in [3.05, 3.63) is 58.3 Å². The SMILES string of the molecule is C#Cc1c(F)ccc2cc(O)cc(C3N=Cc4c(nc(C#CC56CCCN5C[C@H](F)C6)nc4N4CC5CCC(C4)N5)C3F)c12. The van der Waals surface area contributed by atoms with E-state index in [1.807, 2.05) is 0 Å². The summed E-state index contributed by atoms with van der Waals surface area (Å²) in [5.74, 6) is 8.87. The molecule has 2 aromatic carbocycles. The lowest BCUT2D eigenvalue weighted by Crippen LogP contribution is -2.51. The molecule has 3 aromatic rings. The van der Waals surface area contributed by atoms with Gasteiger partial charge in [0.2, 0.25) is 5.82 Å². The highest BCUT2D eigenvalue weighted by Crippen LogP contribution is 2.45. The Labute approximate surface area is 253 Å². The lowest BCUT2D eigenvalue weighted by molar-refractivity contribution is 0.255. The first-order chi connectivity index (χ1) is 21.3. The molecule has 1 aromatic heterocycles. The minimum Gasteiger partial charge on any atom is -0.508 e. The van der Waals surface area contributed by atoms with Crippen molar-refractivity contribution in [3.8, 4) is 29.9 Å². The molecule has 4 saturated heterocycles. The van der Waals surface area contributed by atoms with Gasteiger partial charge in [-0.2, -0.15) is 0 Å². The highest BCUT2D eigenvalue weighted by molar-refractivity contribution is 5.94. The molecule has 8 rings (SSSR count). The predicted molar refractivity (Wildman–Crippen MR) is 162 cm³/mol. The molecule has 2 bridgehead atoms. The van der Waals surface area contributed by atoms with E-state index >= 15 is 4.39 Å². The fraction of sp³-hybridized carbons (Fsp3) is 0.441. The molecule has 5 unspecified atom stereocenters. The standard InChI is InChI=1S/C34H31F3N6O/c1-2-24-27(36)7-4-19-12-23(44)13-25(29(19)24)31-30(37)32-26(15-38-31)33(42-17-21-5-6-22(18-42)39-21)41-28(40-32)8-10-34-9-3-11-43(34)16-20(35)14-34/h1,4,7,12-13,15,20-22,30-31,39,44H,3,5-6,9,11,14,16-18H2/t20-,21?,22?,30?,31?,34?/m1/s1. The molecule has 10 heteroatoms. The zero-order valence-corrected chi connectivity index (χ0v) is 24.0. The second-order valence-corrected chi connectivity index (χ2v) is 12.7. The average molecular weight is 597 g/mol. The van der Waals surface area contributed by atoms with Gasteiger partial charge >= 0.3 is 0 Å². The van der Waals surface area contributed by atoms with Gasteiger partial charge in [-0.3, -0.25) is 9.89 Å². The van der Waals surface area contributed by atoms with Crippen molar-refractivity contribution < 1.29 is 18.3 Å². The first-order valence-corrected chi connectivity index (χ1v) is 15.3. The number of nitrogens with one attached hydrogen (secondary N) is 1. The fourth-order valence-electron chi connectivity index (χ4n) is 7.99. The fourth-order valence-corrected chi connectivity index (χ4v) is 7.99. The molecule has 2 N–H and O–H groups in total. The lowest BCUT2D eigenvalue weighted by atomic mass is 9.89. The van der Waals surface area contributed by atoms with Crippen molar-refractivity contribution in [1.29, 1.82) is 0 Å². The Morgan fingerprint density at radius 2 is 1.91 bits per heavy atom. The third-order valence-corrected chi connectivity index (χ3v) is 9.93. The number of hydrogen-bond acceptors (Lipinski definition) is 7. The molecule has 0 radical (unpaired) electrons. The molecule has 0 aliphatic carbocycles. The molecule has 6 heterocycles. The topological polar surface area (TPSA) is 76.9 Å². The van der Waals surface area contributed by atoms with Crippen LogP contribution in [0.4, 0.5) is 19.0 Å². The van der Waals surface area contributed by atoms with E-state index in [0.717, 1.165) is 32.2 Å². The van der Waals surface area contributed by atoms with Crippen molar-refractivity contribution in [1.82, 2.24) is 20.2 Å². The van der Waals surface area contributed by atoms with Crippen LogP contribution in [-0.2, 0) is 0 Å². The number of halogens is 3. The number of piperazine rings is 1. The number of aliphatic imine (C=N–C) groups is 1. The maximum Gasteiger partial charge on any atom is 0.207 e. The van der Waals surface area contributed by atoms with Crippen LogP contribution < -0.4 is 10.2 Å². The molecule has 6 atom stereocenters. The first kappa shape index (κ1) is 27.4. The third-order valence-electron chi connectivity index (χ3n) is 9.93. The Morgan fingerprint density at radius 3 is 2.70 bits per heavy atom. The summed E-state index contributed by atoms with van der Waals surface area (Å²) in [5.41, 5.74) is 0.326. The second kappa shape index (κ2) is 10.2. The van der Waals surface area contributed by atoms with E-state index in [1.54, 1.807) is 6.21 Å². The minimum atomic E-state index is -1.75. The monoisotopic (exact) mass is 596 g/mol. The number of hydrogen-bond donors (Lipinski definition) is 2. The van der Waals surface area contributed by atoms with Crippen LogP contribution in [0.15, 0.2) is 29.3 Å². The average Bonchev–Trinajstić information content (AvgIpc) is 3.66. The van der Waals surface area contributed by atoms with Gasteiger partial charge in [0.15, 0.2) is 6.17 Å². The Morgan fingerprint density at radius 1 is 1.09 bits per heavy atom. The molecular formula is C34H31F3N6O. The van der Waals surface area contributed by atoms with E-state index in [0.29, 0.717) is 60.3 Å². The molecule has 4 fully saturated rings. The van der Waals surface area contributed by atoms with Crippen molar-refractivity contribution in [2.45, 2.75) is 68.1 Å². The molecule has 0 spiro atoms. The normalized spacial score (nSPS) is 30.6. The predicted octanol–water partition coefficient (Wildman–Crippen LogP) is 4.51. The van der Waals surface area contributed by atoms with Gasteiger partial charge in [0, 0.05) is 49.7 Å². The number of alkyl halides is 2. The Balaban J connectivity index is 1.26. The highest BCUT2D eigenvalue weighted by Gasteiger charge is 2.48. The summed E-state index contributed by atoms with van der Waals surface area (Å²) >= 11 is 0. The molecule has 7 nitrogen and oxygen atoms in total. The van der Waals surface area contributed by atoms with Crippen molar-refractivity contribution in [3.63, 3.8) is 0 Å². The zero-order valence-electron chi connectivity index (χ0n) is 24.0. The van der Waals surface area contributed by atoms with E-state index in [1.165, 1.54) is 24.3 Å². The number of phenols is 1. The molecule has 224 valence electrons. The van der Waals surface area contributed by atoms with E-state index in [-0.39, 0.29) is 28.4 Å². The van der Waals surface area contributed by atoms with Gasteiger partial charge in [0.1, 0.15) is 29.6 Å². The van der Waals surface area contributed by atoms with Gasteiger partial charge in [0.25, 0.3) is 0 Å². The number of rotatable bonds is 2. The van der Waals surface area contributed by atoms with Crippen LogP contribution in [0.1, 0.15) is 72.5 Å². The number of phenolic OH excluding ortho intramolecular Hbond substituents is 1. The van der Waals surface area contributed by atoms with Crippen LogP contribution in [0.3, 0.4) is 0 Å². The van der Waals surface area contributed by atoms with Crippen LogP contribution in [0, 0.1) is 30.0 Å². The van der Waals surface area contributed by atoms with Gasteiger partial charge in [-0.1, -0.05) is 17.9 Å². The minimum absolute atomic E-state index is 0.0139. The zero-order chi connectivity index (χ0) is 30.2. The van der Waals surface area contributed by atoms with Crippen LogP contribution in [-0.4, -0.2) is 76.2 Å². The van der Waals surface area contributed by atoms with Gasteiger partial charge in [-0.25, -0.2) is 23.1 Å². The summed E-state index contributed by atoms with van der Waals surface area (Å²) in [6.45, 7) is 2.60. The van der Waals surface area contributed by atoms with E-state index < -0.39 is 29.7 Å². The number of benzene rings is 2. The second-order valence-electron chi connectivity index (χ2n) is 12.7. The van der Waals surface area contributed by atoms with E-state index in [2.05, 4.69) is 42.9 Å². The molecule has 0 saturated carbocycles. The van der Waals surface area contributed by atoms with Crippen molar-refractivity contribution >= 4 is 22.8 Å². The lowest BCUT2D eigenvalue weighted by Gasteiger charge is -2.35. The van der Waals surface area contributed by atoms with Gasteiger partial charge in [0.05, 0.1) is 22.4 Å². The molecule has 0 amide bonds. The Bertz CT molecular complexity index is 1820. The maximum absolute atomic E-state index is 16.9. The van der Waals surface area contributed by atoms with Crippen LogP contribution in [0.2, 0.25) is 0 Å².